The monoisotopic (exact) mass is 291 g/mol. The average molecular weight is 291 g/mol. The van der Waals surface area contributed by atoms with Crippen LogP contribution in [0.4, 0.5) is 4.39 Å². The molecule has 1 atom stereocenters. The van der Waals surface area contributed by atoms with E-state index in [1.807, 2.05) is 18.2 Å². The minimum atomic E-state index is -0.184. The van der Waals surface area contributed by atoms with Crippen LogP contribution >= 0.6 is 0 Å². The molecule has 1 aromatic carbocycles. The molecule has 0 saturated heterocycles. The Hall–Kier alpha value is -1.65. The zero-order chi connectivity index (χ0) is 14.9. The largest absolute Gasteiger partial charge is 0.469 e. The van der Waals surface area contributed by atoms with Gasteiger partial charge in [-0.2, -0.15) is 0 Å². The third-order valence-corrected chi connectivity index (χ3v) is 3.40. The minimum Gasteiger partial charge on any atom is -0.469 e. The molecule has 114 valence electrons. The minimum absolute atomic E-state index is 0.184. The van der Waals surface area contributed by atoms with Gasteiger partial charge in [0.1, 0.15) is 11.6 Å². The molecule has 2 rings (SSSR count). The predicted octanol–water partition coefficient (Wildman–Crippen LogP) is 3.06. The summed E-state index contributed by atoms with van der Waals surface area (Å²) in [4.78, 5) is 0. The fraction of sp³-hybridized carbons (Fsp3) is 0.412. The predicted molar refractivity (Wildman–Crippen MR) is 80.8 cm³/mol. The van der Waals surface area contributed by atoms with Gasteiger partial charge < -0.3 is 14.5 Å². The molecular formula is C17H22FNO2. The molecule has 0 radical (unpaired) electrons. The SMILES string of the molecule is COCCNCC(Cc1cccc(F)c1)Cc1ccco1. The molecule has 4 heteroatoms. The van der Waals surface area contributed by atoms with Crippen LogP contribution in [0, 0.1) is 11.7 Å². The molecule has 21 heavy (non-hydrogen) atoms. The highest BCUT2D eigenvalue weighted by Gasteiger charge is 2.12. The second kappa shape index (κ2) is 8.60. The first-order valence-electron chi connectivity index (χ1n) is 7.24. The van der Waals surface area contributed by atoms with Crippen molar-refractivity contribution in [1.29, 1.82) is 0 Å². The van der Waals surface area contributed by atoms with Gasteiger partial charge in [0.25, 0.3) is 0 Å². The summed E-state index contributed by atoms with van der Waals surface area (Å²) in [5, 5.41) is 3.37. The third-order valence-electron chi connectivity index (χ3n) is 3.40. The van der Waals surface area contributed by atoms with Crippen LogP contribution in [0.3, 0.4) is 0 Å². The van der Waals surface area contributed by atoms with Crippen LogP contribution in [0.2, 0.25) is 0 Å². The maximum Gasteiger partial charge on any atom is 0.123 e. The normalized spacial score (nSPS) is 12.5. The summed E-state index contributed by atoms with van der Waals surface area (Å²) in [7, 11) is 1.69. The van der Waals surface area contributed by atoms with E-state index in [0.717, 1.165) is 37.3 Å². The van der Waals surface area contributed by atoms with Gasteiger partial charge in [0.2, 0.25) is 0 Å². The molecule has 1 aromatic heterocycles. The first kappa shape index (κ1) is 15.7. The first-order valence-corrected chi connectivity index (χ1v) is 7.24. The molecule has 0 aliphatic carbocycles. The first-order chi connectivity index (χ1) is 10.3. The molecule has 0 bridgehead atoms. The van der Waals surface area contributed by atoms with Crippen molar-refractivity contribution in [2.24, 2.45) is 5.92 Å². The molecule has 0 spiro atoms. The molecule has 0 fully saturated rings. The Morgan fingerprint density at radius 2 is 2.14 bits per heavy atom. The van der Waals surface area contributed by atoms with Crippen LogP contribution in [0.25, 0.3) is 0 Å². The Kier molecular flexibility index (Phi) is 6.44. The van der Waals surface area contributed by atoms with Gasteiger partial charge in [-0.25, -0.2) is 4.39 Å². The number of halogens is 1. The Morgan fingerprint density at radius 3 is 2.86 bits per heavy atom. The van der Waals surface area contributed by atoms with Crippen molar-refractivity contribution < 1.29 is 13.5 Å². The lowest BCUT2D eigenvalue weighted by Crippen LogP contribution is -2.28. The fourth-order valence-electron chi connectivity index (χ4n) is 2.41. The molecule has 2 aromatic rings. The van der Waals surface area contributed by atoms with Crippen LogP contribution in [0.5, 0.6) is 0 Å². The summed E-state index contributed by atoms with van der Waals surface area (Å²) in [5.74, 6) is 1.14. The Morgan fingerprint density at radius 1 is 1.24 bits per heavy atom. The summed E-state index contributed by atoms with van der Waals surface area (Å²) in [5.41, 5.74) is 1.01. The quantitative estimate of drug-likeness (QED) is 0.721. The molecule has 3 nitrogen and oxygen atoms in total. The molecule has 1 N–H and O–H groups in total. The number of nitrogens with one attached hydrogen (secondary N) is 1. The molecule has 1 unspecified atom stereocenters. The van der Waals surface area contributed by atoms with Gasteiger partial charge in [0, 0.05) is 20.1 Å². The Balaban J connectivity index is 1.93. The topological polar surface area (TPSA) is 34.4 Å². The van der Waals surface area contributed by atoms with E-state index < -0.39 is 0 Å². The number of furan rings is 1. The zero-order valence-corrected chi connectivity index (χ0v) is 12.3. The van der Waals surface area contributed by atoms with E-state index in [4.69, 9.17) is 9.15 Å². The van der Waals surface area contributed by atoms with Crippen molar-refractivity contribution in [2.45, 2.75) is 12.8 Å². The molecule has 0 aliphatic rings. The second-order valence-corrected chi connectivity index (χ2v) is 5.18. The third kappa shape index (κ3) is 5.69. The van der Waals surface area contributed by atoms with E-state index in [2.05, 4.69) is 5.32 Å². The van der Waals surface area contributed by atoms with Crippen molar-refractivity contribution in [3.63, 3.8) is 0 Å². The molecule has 0 amide bonds. The van der Waals surface area contributed by atoms with Gasteiger partial charge in [0.05, 0.1) is 12.9 Å². The second-order valence-electron chi connectivity index (χ2n) is 5.18. The van der Waals surface area contributed by atoms with Crippen molar-refractivity contribution in [3.05, 3.63) is 59.8 Å². The van der Waals surface area contributed by atoms with Gasteiger partial charge in [-0.3, -0.25) is 0 Å². The molecular weight excluding hydrogens is 269 g/mol. The van der Waals surface area contributed by atoms with Crippen LogP contribution in [-0.4, -0.2) is 26.8 Å². The van der Waals surface area contributed by atoms with Crippen LogP contribution in [0.1, 0.15) is 11.3 Å². The van der Waals surface area contributed by atoms with Gasteiger partial charge >= 0.3 is 0 Å². The maximum absolute atomic E-state index is 13.3. The summed E-state index contributed by atoms with van der Waals surface area (Å²) < 4.78 is 23.8. The lowest BCUT2D eigenvalue weighted by atomic mass is 9.95. The van der Waals surface area contributed by atoms with E-state index in [1.54, 1.807) is 25.5 Å². The molecule has 0 aliphatic heterocycles. The van der Waals surface area contributed by atoms with E-state index in [-0.39, 0.29) is 5.82 Å². The summed E-state index contributed by atoms with van der Waals surface area (Å²) in [6, 6.07) is 10.7. The van der Waals surface area contributed by atoms with Gasteiger partial charge in [-0.15, -0.1) is 0 Å². The zero-order valence-electron chi connectivity index (χ0n) is 12.3. The maximum atomic E-state index is 13.3. The van der Waals surface area contributed by atoms with E-state index in [0.29, 0.717) is 12.5 Å². The van der Waals surface area contributed by atoms with Crippen LogP contribution in [-0.2, 0) is 17.6 Å². The van der Waals surface area contributed by atoms with Gasteiger partial charge in [0.15, 0.2) is 0 Å². The highest BCUT2D eigenvalue weighted by molar-refractivity contribution is 5.17. The standard InChI is InChI=1S/C17H22FNO2/c1-20-9-7-19-13-15(12-17-6-3-8-21-17)10-14-4-2-5-16(18)11-14/h2-6,8,11,15,19H,7,9-10,12-13H2,1H3. The Bertz CT molecular complexity index is 513. The summed E-state index contributed by atoms with van der Waals surface area (Å²) in [6.07, 6.45) is 3.34. The summed E-state index contributed by atoms with van der Waals surface area (Å²) >= 11 is 0. The number of hydrogen-bond donors (Lipinski definition) is 1. The number of benzene rings is 1. The van der Waals surface area contributed by atoms with E-state index >= 15 is 0 Å². The highest BCUT2D eigenvalue weighted by Crippen LogP contribution is 2.15. The number of hydrogen-bond acceptors (Lipinski definition) is 3. The van der Waals surface area contributed by atoms with E-state index in [9.17, 15) is 4.39 Å². The Labute approximate surface area is 125 Å². The van der Waals surface area contributed by atoms with Crippen molar-refractivity contribution in [2.75, 3.05) is 26.8 Å². The van der Waals surface area contributed by atoms with Crippen LogP contribution < -0.4 is 5.32 Å². The van der Waals surface area contributed by atoms with Gasteiger partial charge in [-0.1, -0.05) is 12.1 Å². The van der Waals surface area contributed by atoms with Crippen LogP contribution in [0.15, 0.2) is 47.1 Å². The number of ether oxygens (including phenoxy) is 1. The van der Waals surface area contributed by atoms with Crippen molar-refractivity contribution in [3.8, 4) is 0 Å². The molecule has 0 saturated carbocycles. The van der Waals surface area contributed by atoms with E-state index in [1.165, 1.54) is 6.07 Å². The lowest BCUT2D eigenvalue weighted by Gasteiger charge is -2.17. The number of rotatable bonds is 9. The highest BCUT2D eigenvalue weighted by atomic mass is 19.1. The van der Waals surface area contributed by atoms with Crippen molar-refractivity contribution >= 4 is 0 Å². The lowest BCUT2D eigenvalue weighted by molar-refractivity contribution is 0.197. The average Bonchev–Trinajstić information content (AvgIpc) is 2.96. The molecule has 1 heterocycles. The number of methoxy groups -OCH3 is 1. The fourth-order valence-corrected chi connectivity index (χ4v) is 2.41. The summed E-state index contributed by atoms with van der Waals surface area (Å²) in [6.45, 7) is 2.35. The smallest absolute Gasteiger partial charge is 0.123 e. The van der Waals surface area contributed by atoms with Crippen molar-refractivity contribution in [1.82, 2.24) is 5.32 Å². The van der Waals surface area contributed by atoms with Gasteiger partial charge in [-0.05, 0) is 48.7 Å².